The van der Waals surface area contributed by atoms with E-state index in [0.717, 1.165) is 5.39 Å². The van der Waals surface area contributed by atoms with Crippen molar-refractivity contribution in [2.45, 2.75) is 13.8 Å². The maximum atomic E-state index is 12.7. The standard InChI is InChI=1S/C16H16ClN3O/c1-3-20(10-11(2)9-18)16(21)13-8-15(17)19-14-7-5-4-6-12(13)14/h4-8,11H,3,10H2,1-2H3. The summed E-state index contributed by atoms with van der Waals surface area (Å²) in [4.78, 5) is 18.6. The first kappa shape index (κ1) is 15.3. The minimum absolute atomic E-state index is 0.125. The molecule has 0 aliphatic heterocycles. The first-order chi connectivity index (χ1) is 10.1. The van der Waals surface area contributed by atoms with Gasteiger partial charge in [-0.2, -0.15) is 5.26 Å². The van der Waals surface area contributed by atoms with Crippen LogP contribution in [-0.2, 0) is 0 Å². The van der Waals surface area contributed by atoms with Crippen molar-refractivity contribution < 1.29 is 4.79 Å². The Morgan fingerprint density at radius 2 is 2.19 bits per heavy atom. The Labute approximate surface area is 129 Å². The Bertz CT molecular complexity index is 708. The van der Waals surface area contributed by atoms with Gasteiger partial charge in [0.15, 0.2) is 0 Å². The van der Waals surface area contributed by atoms with Crippen LogP contribution in [0.3, 0.4) is 0 Å². The number of amides is 1. The van der Waals surface area contributed by atoms with Crippen molar-refractivity contribution in [3.63, 3.8) is 0 Å². The molecule has 1 aromatic heterocycles. The lowest BCUT2D eigenvalue weighted by atomic mass is 10.1. The summed E-state index contributed by atoms with van der Waals surface area (Å²) in [6.45, 7) is 4.64. The number of para-hydroxylation sites is 1. The van der Waals surface area contributed by atoms with Crippen LogP contribution in [0.2, 0.25) is 5.15 Å². The molecule has 0 aliphatic carbocycles. The number of fused-ring (bicyclic) bond motifs is 1. The zero-order valence-electron chi connectivity index (χ0n) is 12.0. The topological polar surface area (TPSA) is 57.0 Å². The van der Waals surface area contributed by atoms with Gasteiger partial charge in [-0.05, 0) is 26.0 Å². The molecule has 1 amide bonds. The number of rotatable bonds is 4. The summed E-state index contributed by atoms with van der Waals surface area (Å²) in [5.74, 6) is -0.336. The van der Waals surface area contributed by atoms with Crippen LogP contribution in [0.5, 0.6) is 0 Å². The van der Waals surface area contributed by atoms with Gasteiger partial charge in [0.05, 0.1) is 23.1 Å². The van der Waals surface area contributed by atoms with E-state index in [9.17, 15) is 4.79 Å². The molecule has 108 valence electrons. The Hall–Kier alpha value is -2.12. The second-order valence-electron chi connectivity index (χ2n) is 4.88. The van der Waals surface area contributed by atoms with Gasteiger partial charge in [0.25, 0.3) is 5.91 Å². The lowest BCUT2D eigenvalue weighted by Crippen LogP contribution is -2.34. The molecule has 1 atom stereocenters. The molecule has 1 unspecified atom stereocenters. The molecule has 5 heteroatoms. The molecule has 2 aromatic rings. The zero-order chi connectivity index (χ0) is 15.4. The normalized spacial score (nSPS) is 11.9. The van der Waals surface area contributed by atoms with Crippen LogP contribution in [0.1, 0.15) is 24.2 Å². The minimum atomic E-state index is -0.211. The number of benzene rings is 1. The first-order valence-corrected chi connectivity index (χ1v) is 7.18. The molecule has 0 saturated heterocycles. The number of carbonyl (C=O) groups excluding carboxylic acids is 1. The van der Waals surface area contributed by atoms with Gasteiger partial charge in [-0.25, -0.2) is 4.98 Å². The summed E-state index contributed by atoms with van der Waals surface area (Å²) in [6.07, 6.45) is 0. The number of halogens is 1. The fourth-order valence-electron chi connectivity index (χ4n) is 2.22. The number of hydrogen-bond donors (Lipinski definition) is 0. The van der Waals surface area contributed by atoms with Crippen LogP contribution in [0.4, 0.5) is 0 Å². The quantitative estimate of drug-likeness (QED) is 0.812. The SMILES string of the molecule is CCN(CC(C)C#N)C(=O)c1cc(Cl)nc2ccccc12. The average Bonchev–Trinajstić information content (AvgIpc) is 2.50. The third kappa shape index (κ3) is 3.32. The summed E-state index contributed by atoms with van der Waals surface area (Å²) < 4.78 is 0. The Kier molecular flexibility index (Phi) is 4.77. The van der Waals surface area contributed by atoms with Crippen LogP contribution in [0, 0.1) is 17.2 Å². The van der Waals surface area contributed by atoms with Crippen molar-refractivity contribution in [1.29, 1.82) is 5.26 Å². The van der Waals surface area contributed by atoms with Crippen molar-refractivity contribution >= 4 is 28.4 Å². The summed E-state index contributed by atoms with van der Waals surface area (Å²) in [7, 11) is 0. The van der Waals surface area contributed by atoms with Crippen molar-refractivity contribution in [3.8, 4) is 6.07 Å². The number of carbonyl (C=O) groups is 1. The second-order valence-corrected chi connectivity index (χ2v) is 5.27. The molecule has 0 bridgehead atoms. The third-order valence-electron chi connectivity index (χ3n) is 3.30. The molecule has 0 N–H and O–H groups in total. The number of pyridine rings is 1. The third-order valence-corrected chi connectivity index (χ3v) is 3.49. The van der Waals surface area contributed by atoms with Crippen molar-refractivity contribution in [1.82, 2.24) is 9.88 Å². The fourth-order valence-corrected chi connectivity index (χ4v) is 2.42. The Morgan fingerprint density at radius 1 is 1.48 bits per heavy atom. The van der Waals surface area contributed by atoms with E-state index in [1.807, 2.05) is 31.2 Å². The molecule has 0 radical (unpaired) electrons. The van der Waals surface area contributed by atoms with Gasteiger partial charge >= 0.3 is 0 Å². The highest BCUT2D eigenvalue weighted by Gasteiger charge is 2.19. The number of nitriles is 1. The van der Waals surface area contributed by atoms with Gasteiger partial charge in [0, 0.05) is 18.5 Å². The van der Waals surface area contributed by atoms with Gasteiger partial charge in [0.2, 0.25) is 0 Å². The van der Waals surface area contributed by atoms with E-state index >= 15 is 0 Å². The second kappa shape index (κ2) is 6.55. The molecule has 1 heterocycles. The van der Waals surface area contributed by atoms with E-state index < -0.39 is 0 Å². The first-order valence-electron chi connectivity index (χ1n) is 6.81. The number of hydrogen-bond acceptors (Lipinski definition) is 3. The highest BCUT2D eigenvalue weighted by Crippen LogP contribution is 2.22. The van der Waals surface area contributed by atoms with Crippen LogP contribution in [0.25, 0.3) is 10.9 Å². The molecule has 0 spiro atoms. The fraction of sp³-hybridized carbons (Fsp3) is 0.312. The minimum Gasteiger partial charge on any atom is -0.338 e. The van der Waals surface area contributed by atoms with Gasteiger partial charge in [-0.1, -0.05) is 29.8 Å². The van der Waals surface area contributed by atoms with E-state index in [-0.39, 0.29) is 11.8 Å². The van der Waals surface area contributed by atoms with E-state index in [1.165, 1.54) is 0 Å². The Morgan fingerprint density at radius 3 is 2.86 bits per heavy atom. The van der Waals surface area contributed by atoms with E-state index in [4.69, 9.17) is 16.9 Å². The molecule has 0 fully saturated rings. The van der Waals surface area contributed by atoms with Crippen LogP contribution in [0.15, 0.2) is 30.3 Å². The molecule has 0 saturated carbocycles. The lowest BCUT2D eigenvalue weighted by Gasteiger charge is -2.22. The van der Waals surface area contributed by atoms with E-state index in [2.05, 4.69) is 11.1 Å². The zero-order valence-corrected chi connectivity index (χ0v) is 12.8. The van der Waals surface area contributed by atoms with Crippen LogP contribution < -0.4 is 0 Å². The monoisotopic (exact) mass is 301 g/mol. The van der Waals surface area contributed by atoms with Gasteiger partial charge in [-0.3, -0.25) is 4.79 Å². The highest BCUT2D eigenvalue weighted by molar-refractivity contribution is 6.30. The average molecular weight is 302 g/mol. The summed E-state index contributed by atoms with van der Waals surface area (Å²) in [5.41, 5.74) is 1.22. The van der Waals surface area contributed by atoms with Gasteiger partial charge in [0.1, 0.15) is 5.15 Å². The van der Waals surface area contributed by atoms with Crippen LogP contribution in [-0.4, -0.2) is 28.9 Å². The summed E-state index contributed by atoms with van der Waals surface area (Å²) in [5, 5.41) is 9.99. The Balaban J connectivity index is 2.45. The molecular weight excluding hydrogens is 286 g/mol. The predicted molar refractivity (Wildman–Crippen MR) is 83.1 cm³/mol. The van der Waals surface area contributed by atoms with Crippen molar-refractivity contribution in [2.75, 3.05) is 13.1 Å². The maximum absolute atomic E-state index is 12.7. The molecule has 4 nitrogen and oxygen atoms in total. The van der Waals surface area contributed by atoms with Crippen molar-refractivity contribution in [2.24, 2.45) is 5.92 Å². The van der Waals surface area contributed by atoms with Crippen molar-refractivity contribution in [3.05, 3.63) is 41.0 Å². The van der Waals surface area contributed by atoms with Gasteiger partial charge < -0.3 is 4.90 Å². The van der Waals surface area contributed by atoms with Crippen LogP contribution >= 0.6 is 11.6 Å². The largest absolute Gasteiger partial charge is 0.338 e. The smallest absolute Gasteiger partial charge is 0.254 e. The molecule has 21 heavy (non-hydrogen) atoms. The van der Waals surface area contributed by atoms with E-state index in [0.29, 0.717) is 29.3 Å². The summed E-state index contributed by atoms with van der Waals surface area (Å²) >= 11 is 6.01. The van der Waals surface area contributed by atoms with Gasteiger partial charge in [-0.15, -0.1) is 0 Å². The number of nitrogens with zero attached hydrogens (tertiary/aromatic N) is 3. The maximum Gasteiger partial charge on any atom is 0.254 e. The molecular formula is C16H16ClN3O. The molecule has 2 rings (SSSR count). The summed E-state index contributed by atoms with van der Waals surface area (Å²) in [6, 6.07) is 11.1. The van der Waals surface area contributed by atoms with E-state index in [1.54, 1.807) is 17.9 Å². The molecule has 1 aromatic carbocycles. The number of aromatic nitrogens is 1. The predicted octanol–water partition coefficient (Wildman–Crippen LogP) is 3.51. The lowest BCUT2D eigenvalue weighted by molar-refractivity contribution is 0.0754. The highest BCUT2D eigenvalue weighted by atomic mass is 35.5. The molecule has 0 aliphatic rings.